The second kappa shape index (κ2) is 8.28. The summed E-state index contributed by atoms with van der Waals surface area (Å²) in [6.07, 6.45) is 2.19. The molecular formula is C16H19I2NO3. The molecule has 0 aliphatic carbocycles. The molecule has 1 aromatic carbocycles. The summed E-state index contributed by atoms with van der Waals surface area (Å²) in [5, 5.41) is 0. The summed E-state index contributed by atoms with van der Waals surface area (Å²) in [6, 6.07) is 1.78. The zero-order chi connectivity index (χ0) is 17.0. The summed E-state index contributed by atoms with van der Waals surface area (Å²) in [4.78, 5) is 25.5. The van der Waals surface area contributed by atoms with Gasteiger partial charge >= 0.3 is 0 Å². The van der Waals surface area contributed by atoms with Crippen LogP contribution in [0.1, 0.15) is 29.8 Å². The molecule has 0 saturated heterocycles. The predicted molar refractivity (Wildman–Crippen MR) is 105 cm³/mol. The number of hydrogen-bond donors (Lipinski definition) is 0. The lowest BCUT2D eigenvalue weighted by molar-refractivity contribution is -0.104. The Balaban J connectivity index is 3.38. The predicted octanol–water partition coefficient (Wildman–Crippen LogP) is 3.82. The van der Waals surface area contributed by atoms with Crippen molar-refractivity contribution in [2.75, 3.05) is 14.1 Å². The van der Waals surface area contributed by atoms with E-state index in [1.807, 2.05) is 20.8 Å². The fourth-order valence-corrected chi connectivity index (χ4v) is 3.78. The van der Waals surface area contributed by atoms with E-state index < -0.39 is 0 Å². The highest BCUT2D eigenvalue weighted by Crippen LogP contribution is 2.33. The molecule has 1 aromatic rings. The molecule has 0 aromatic heterocycles. The van der Waals surface area contributed by atoms with Crippen molar-refractivity contribution in [2.45, 2.75) is 26.9 Å². The van der Waals surface area contributed by atoms with Crippen LogP contribution in [-0.2, 0) is 4.79 Å². The standard InChI is InChI=1S/C16H19I2NO3/c1-9(2)22-16-13(17)6-12(10(3)14(16)18)15(21)11(8-20)7-19(4)5/h6-9H,1-5H3. The Bertz CT molecular complexity index is 622. The van der Waals surface area contributed by atoms with Crippen molar-refractivity contribution < 1.29 is 14.3 Å². The van der Waals surface area contributed by atoms with Crippen LogP contribution < -0.4 is 4.74 Å². The Labute approximate surface area is 158 Å². The van der Waals surface area contributed by atoms with Gasteiger partial charge in [0.15, 0.2) is 12.1 Å². The minimum absolute atomic E-state index is 0.0576. The lowest BCUT2D eigenvalue weighted by atomic mass is 10.00. The van der Waals surface area contributed by atoms with E-state index in [2.05, 4.69) is 45.2 Å². The molecule has 0 bridgehead atoms. The number of ether oxygens (including phenoxy) is 1. The van der Waals surface area contributed by atoms with Crippen molar-refractivity contribution in [1.82, 2.24) is 4.90 Å². The zero-order valence-corrected chi connectivity index (χ0v) is 17.6. The summed E-state index contributed by atoms with van der Waals surface area (Å²) in [5.74, 6) is 0.516. The molecule has 0 spiro atoms. The number of halogens is 2. The van der Waals surface area contributed by atoms with Gasteiger partial charge in [0, 0.05) is 25.9 Å². The molecule has 0 unspecified atom stereocenters. The molecule has 6 heteroatoms. The maximum absolute atomic E-state index is 12.6. The average molecular weight is 527 g/mol. The number of allylic oxidation sites excluding steroid dienone is 1. The van der Waals surface area contributed by atoms with Gasteiger partial charge in [-0.05, 0) is 77.6 Å². The third-order valence-corrected chi connectivity index (χ3v) is 4.91. The molecular weight excluding hydrogens is 508 g/mol. The summed E-state index contributed by atoms with van der Waals surface area (Å²) in [5.41, 5.74) is 1.50. The second-order valence-corrected chi connectivity index (χ2v) is 7.58. The van der Waals surface area contributed by atoms with Gasteiger partial charge in [0.2, 0.25) is 0 Å². The number of Topliss-reactive ketones (excluding diaryl/α,β-unsaturated/α-hetero) is 1. The van der Waals surface area contributed by atoms with Crippen LogP contribution in [0.3, 0.4) is 0 Å². The molecule has 0 heterocycles. The zero-order valence-electron chi connectivity index (χ0n) is 13.2. The average Bonchev–Trinajstić information content (AvgIpc) is 2.43. The van der Waals surface area contributed by atoms with Gasteiger partial charge in [0.1, 0.15) is 5.75 Å². The monoisotopic (exact) mass is 527 g/mol. The first-order chi connectivity index (χ1) is 10.2. The molecule has 0 aliphatic rings. The molecule has 0 radical (unpaired) electrons. The first kappa shape index (κ1) is 19.4. The van der Waals surface area contributed by atoms with Crippen molar-refractivity contribution in [2.24, 2.45) is 0 Å². The van der Waals surface area contributed by atoms with E-state index in [9.17, 15) is 9.59 Å². The number of carbonyl (C=O) groups is 2. The van der Waals surface area contributed by atoms with E-state index in [0.29, 0.717) is 11.8 Å². The topological polar surface area (TPSA) is 46.6 Å². The molecule has 22 heavy (non-hydrogen) atoms. The Hall–Kier alpha value is -0.640. The van der Waals surface area contributed by atoms with Crippen LogP contribution in [0.5, 0.6) is 5.75 Å². The maximum Gasteiger partial charge on any atom is 0.198 e. The number of hydrogen-bond acceptors (Lipinski definition) is 4. The fourth-order valence-electron chi connectivity index (χ4n) is 1.85. The molecule has 0 aliphatic heterocycles. The lowest BCUT2D eigenvalue weighted by Gasteiger charge is -2.17. The first-order valence-corrected chi connectivity index (χ1v) is 8.88. The Morgan fingerprint density at radius 2 is 1.91 bits per heavy atom. The second-order valence-electron chi connectivity index (χ2n) is 5.34. The van der Waals surface area contributed by atoms with E-state index in [-0.39, 0.29) is 17.5 Å². The summed E-state index contributed by atoms with van der Waals surface area (Å²) < 4.78 is 7.58. The van der Waals surface area contributed by atoms with Crippen LogP contribution >= 0.6 is 45.2 Å². The number of nitrogens with zero attached hydrogens (tertiary/aromatic N) is 1. The van der Waals surface area contributed by atoms with Gasteiger partial charge in [0.05, 0.1) is 18.8 Å². The van der Waals surface area contributed by atoms with Crippen LogP contribution in [0.15, 0.2) is 17.8 Å². The summed E-state index contributed by atoms with van der Waals surface area (Å²) in [6.45, 7) is 5.80. The van der Waals surface area contributed by atoms with Gasteiger partial charge in [-0.3, -0.25) is 9.59 Å². The lowest BCUT2D eigenvalue weighted by Crippen LogP contribution is -2.14. The largest absolute Gasteiger partial charge is 0.489 e. The molecule has 0 N–H and O–H groups in total. The number of ketones is 1. The SMILES string of the molecule is Cc1c(C(=O)C(C=O)=CN(C)C)cc(I)c(OC(C)C)c1I. The van der Waals surface area contributed by atoms with E-state index >= 15 is 0 Å². The highest BCUT2D eigenvalue weighted by atomic mass is 127. The van der Waals surface area contributed by atoms with Crippen LogP contribution in [0.25, 0.3) is 0 Å². The highest BCUT2D eigenvalue weighted by molar-refractivity contribution is 14.1. The molecule has 0 saturated carbocycles. The van der Waals surface area contributed by atoms with Gasteiger partial charge in [-0.25, -0.2) is 0 Å². The van der Waals surface area contributed by atoms with E-state index in [1.54, 1.807) is 25.1 Å². The number of benzene rings is 1. The first-order valence-electron chi connectivity index (χ1n) is 6.72. The van der Waals surface area contributed by atoms with Crippen molar-refractivity contribution >= 4 is 57.3 Å². The van der Waals surface area contributed by atoms with Gasteiger partial charge in [0.25, 0.3) is 0 Å². The number of rotatable bonds is 6. The smallest absolute Gasteiger partial charge is 0.198 e. The normalized spacial score (nSPS) is 11.5. The van der Waals surface area contributed by atoms with Crippen LogP contribution in [0.2, 0.25) is 0 Å². The Morgan fingerprint density at radius 1 is 1.32 bits per heavy atom. The van der Waals surface area contributed by atoms with Gasteiger partial charge in [-0.15, -0.1) is 0 Å². The molecule has 1 rings (SSSR count). The summed E-state index contributed by atoms with van der Waals surface area (Å²) in [7, 11) is 3.55. The van der Waals surface area contributed by atoms with Crippen LogP contribution in [0, 0.1) is 14.1 Å². The molecule has 4 nitrogen and oxygen atoms in total. The Morgan fingerprint density at radius 3 is 2.36 bits per heavy atom. The minimum atomic E-state index is -0.270. The molecule has 0 fully saturated rings. The molecule has 0 amide bonds. The van der Waals surface area contributed by atoms with Crippen molar-refractivity contribution in [1.29, 1.82) is 0 Å². The summed E-state index contributed by atoms with van der Waals surface area (Å²) >= 11 is 4.34. The number of carbonyl (C=O) groups excluding carboxylic acids is 2. The molecule has 0 atom stereocenters. The van der Waals surface area contributed by atoms with Crippen molar-refractivity contribution in [3.8, 4) is 5.75 Å². The third kappa shape index (κ3) is 4.68. The minimum Gasteiger partial charge on any atom is -0.489 e. The van der Waals surface area contributed by atoms with Crippen LogP contribution in [-0.4, -0.2) is 37.2 Å². The highest BCUT2D eigenvalue weighted by Gasteiger charge is 2.21. The van der Waals surface area contributed by atoms with E-state index in [0.717, 1.165) is 18.5 Å². The van der Waals surface area contributed by atoms with Gasteiger partial charge < -0.3 is 9.64 Å². The van der Waals surface area contributed by atoms with Crippen molar-refractivity contribution in [3.05, 3.63) is 36.1 Å². The Kier molecular flexibility index (Phi) is 7.30. The quantitative estimate of drug-likeness (QED) is 0.141. The van der Waals surface area contributed by atoms with E-state index in [4.69, 9.17) is 4.74 Å². The van der Waals surface area contributed by atoms with Crippen molar-refractivity contribution in [3.63, 3.8) is 0 Å². The third-order valence-electron chi connectivity index (χ3n) is 2.81. The van der Waals surface area contributed by atoms with Gasteiger partial charge in [-0.2, -0.15) is 0 Å². The van der Waals surface area contributed by atoms with Gasteiger partial charge in [-0.1, -0.05) is 0 Å². The molecule has 120 valence electrons. The van der Waals surface area contributed by atoms with E-state index in [1.165, 1.54) is 6.20 Å². The number of aldehydes is 1. The maximum atomic E-state index is 12.6. The fraction of sp³-hybridized carbons (Fsp3) is 0.375. The van der Waals surface area contributed by atoms with Crippen LogP contribution in [0.4, 0.5) is 0 Å².